The highest BCUT2D eigenvalue weighted by molar-refractivity contribution is 5.96. The highest BCUT2D eigenvalue weighted by Gasteiger charge is 2.23. The Morgan fingerprint density at radius 2 is 1.93 bits per heavy atom. The summed E-state index contributed by atoms with van der Waals surface area (Å²) in [7, 11) is 0. The third-order valence-corrected chi connectivity index (χ3v) is 6.14. The van der Waals surface area contributed by atoms with E-state index in [1.165, 1.54) is 31.3 Å². The van der Waals surface area contributed by atoms with Crippen molar-refractivity contribution in [3.05, 3.63) is 71.0 Å². The van der Waals surface area contributed by atoms with E-state index in [1.807, 2.05) is 24.3 Å². The van der Waals surface area contributed by atoms with Crippen molar-refractivity contribution in [3.8, 4) is 17.1 Å². The van der Waals surface area contributed by atoms with Crippen molar-refractivity contribution < 1.29 is 9.53 Å². The van der Waals surface area contributed by atoms with E-state index in [-0.39, 0.29) is 0 Å². The van der Waals surface area contributed by atoms with Gasteiger partial charge in [-0.05, 0) is 85.7 Å². The van der Waals surface area contributed by atoms with Crippen molar-refractivity contribution in [3.63, 3.8) is 0 Å². The van der Waals surface area contributed by atoms with Crippen LogP contribution >= 0.6 is 0 Å². The first-order valence-electron chi connectivity index (χ1n) is 10.6. The summed E-state index contributed by atoms with van der Waals surface area (Å²) in [6.07, 6.45) is 8.25. The summed E-state index contributed by atoms with van der Waals surface area (Å²) < 4.78 is 6.21. The second kappa shape index (κ2) is 7.48. The van der Waals surface area contributed by atoms with Crippen molar-refractivity contribution in [1.82, 2.24) is 9.97 Å². The fourth-order valence-corrected chi connectivity index (χ4v) is 4.56. The lowest BCUT2D eigenvalue weighted by molar-refractivity contribution is 0.100. The summed E-state index contributed by atoms with van der Waals surface area (Å²) in [5.41, 5.74) is 11.5. The molecule has 2 aromatic carbocycles. The number of aromatic amines is 1. The molecule has 2 aliphatic carbocycles. The molecule has 3 N–H and O–H groups in total. The van der Waals surface area contributed by atoms with Crippen molar-refractivity contribution in [2.24, 2.45) is 11.7 Å². The van der Waals surface area contributed by atoms with Gasteiger partial charge in [-0.3, -0.25) is 4.79 Å². The van der Waals surface area contributed by atoms with Gasteiger partial charge in [-0.15, -0.1) is 0 Å². The fourth-order valence-electron chi connectivity index (χ4n) is 4.56. The van der Waals surface area contributed by atoms with Crippen molar-refractivity contribution in [2.75, 3.05) is 0 Å². The third kappa shape index (κ3) is 3.52. The van der Waals surface area contributed by atoms with E-state index in [2.05, 4.69) is 23.0 Å². The molecular weight excluding hydrogens is 374 g/mol. The number of allylic oxidation sites excluding steroid dienone is 4. The van der Waals surface area contributed by atoms with Crippen LogP contribution in [0.1, 0.15) is 49.4 Å². The topological polar surface area (TPSA) is 81.0 Å². The van der Waals surface area contributed by atoms with Crippen LogP contribution in [0, 0.1) is 5.92 Å². The minimum Gasteiger partial charge on any atom is -0.462 e. The Hall–Kier alpha value is -3.34. The number of carbonyl (C=O) groups is 1. The van der Waals surface area contributed by atoms with Crippen LogP contribution in [-0.4, -0.2) is 15.9 Å². The first-order valence-corrected chi connectivity index (χ1v) is 10.6. The van der Waals surface area contributed by atoms with Gasteiger partial charge in [-0.25, -0.2) is 4.98 Å². The molecule has 1 heterocycles. The van der Waals surface area contributed by atoms with Crippen molar-refractivity contribution in [1.29, 1.82) is 0 Å². The number of aromatic nitrogens is 2. The number of hydrogen-bond donors (Lipinski definition) is 2. The number of amides is 1. The minimum atomic E-state index is -0.447. The second-order valence-corrected chi connectivity index (χ2v) is 8.28. The molecule has 2 aliphatic rings. The van der Waals surface area contributed by atoms with E-state index in [4.69, 9.17) is 10.5 Å². The Bertz CT molecular complexity index is 1180. The lowest BCUT2D eigenvalue weighted by Gasteiger charge is -2.29. The van der Waals surface area contributed by atoms with Crippen LogP contribution in [-0.2, 0) is 0 Å². The summed E-state index contributed by atoms with van der Waals surface area (Å²) in [5, 5.41) is 0. The molecule has 1 atom stereocenters. The van der Waals surface area contributed by atoms with Gasteiger partial charge in [0, 0.05) is 17.5 Å². The average molecular weight is 399 g/mol. The predicted octanol–water partition coefficient (Wildman–Crippen LogP) is 5.50. The van der Waals surface area contributed by atoms with Crippen molar-refractivity contribution >= 4 is 16.9 Å². The number of nitrogens with zero attached hydrogens (tertiary/aromatic N) is 1. The molecule has 0 bridgehead atoms. The van der Waals surface area contributed by atoms with E-state index in [0.29, 0.717) is 11.5 Å². The van der Waals surface area contributed by atoms with E-state index in [1.54, 1.807) is 23.8 Å². The molecule has 5 nitrogen and oxygen atoms in total. The fraction of sp³-hybridized carbons (Fsp3) is 0.280. The quantitative estimate of drug-likeness (QED) is 0.608. The number of carbonyl (C=O) groups excluding carboxylic acids is 1. The Morgan fingerprint density at radius 1 is 1.13 bits per heavy atom. The van der Waals surface area contributed by atoms with Crippen molar-refractivity contribution in [2.45, 2.75) is 39.0 Å². The van der Waals surface area contributed by atoms with E-state index in [0.717, 1.165) is 40.4 Å². The zero-order chi connectivity index (χ0) is 20.7. The molecule has 1 unspecified atom stereocenters. The highest BCUT2D eigenvalue weighted by Crippen LogP contribution is 2.38. The third-order valence-electron chi connectivity index (χ3n) is 6.14. The van der Waals surface area contributed by atoms with Gasteiger partial charge in [0.15, 0.2) is 0 Å². The number of imidazole rings is 1. The lowest BCUT2D eigenvalue weighted by Crippen LogP contribution is -2.15. The molecular formula is C25H25N3O2. The van der Waals surface area contributed by atoms with Crippen LogP contribution in [0.15, 0.2) is 65.4 Å². The van der Waals surface area contributed by atoms with E-state index >= 15 is 0 Å². The predicted molar refractivity (Wildman–Crippen MR) is 118 cm³/mol. The van der Waals surface area contributed by atoms with E-state index in [9.17, 15) is 4.79 Å². The average Bonchev–Trinajstić information content (AvgIpc) is 3.18. The number of rotatable bonds is 4. The molecule has 5 rings (SSSR count). The van der Waals surface area contributed by atoms with Gasteiger partial charge in [-0.2, -0.15) is 0 Å². The minimum absolute atomic E-state index is 0.447. The van der Waals surface area contributed by atoms with Crippen LogP contribution in [0.5, 0.6) is 5.75 Å². The maximum atomic E-state index is 11.4. The van der Waals surface area contributed by atoms with Crippen LogP contribution < -0.4 is 10.5 Å². The first-order chi connectivity index (χ1) is 14.6. The number of nitrogens with two attached hydrogens (primary N) is 1. The monoisotopic (exact) mass is 399 g/mol. The molecule has 0 saturated heterocycles. The second-order valence-electron chi connectivity index (χ2n) is 8.28. The Labute approximate surface area is 175 Å². The number of hydrogen-bond acceptors (Lipinski definition) is 3. The summed E-state index contributed by atoms with van der Waals surface area (Å²) in [4.78, 5) is 19.3. The van der Waals surface area contributed by atoms with Gasteiger partial charge in [-0.1, -0.05) is 12.5 Å². The standard InChI is InChI=1S/C25H25N3O2/c1-15-12-20(13-17-4-2-3-5-21(15)17)30-19-9-6-16(7-10-19)25-27-22-11-8-18(24(26)29)14-23(22)28-25/h6-11,13-15H,2-5,12H2,1H3,(H2,26,29)(H,27,28). The van der Waals surface area contributed by atoms with Gasteiger partial charge in [0.05, 0.1) is 11.0 Å². The molecule has 1 aromatic heterocycles. The zero-order valence-corrected chi connectivity index (χ0v) is 17.1. The summed E-state index contributed by atoms with van der Waals surface area (Å²) in [6.45, 7) is 2.31. The molecule has 152 valence electrons. The normalized spacial score (nSPS) is 18.8. The summed E-state index contributed by atoms with van der Waals surface area (Å²) in [6, 6.07) is 13.2. The summed E-state index contributed by atoms with van der Waals surface area (Å²) in [5.74, 6) is 2.76. The highest BCUT2D eigenvalue weighted by atomic mass is 16.5. The molecule has 1 amide bonds. The van der Waals surface area contributed by atoms with Crippen LogP contribution in [0.3, 0.4) is 0 Å². The SMILES string of the molecule is CC1CC(Oc2ccc(-c3nc4ccc(C(N)=O)cc4[nH]3)cc2)=CC2=C1CCCC2. The number of ether oxygens (including phenoxy) is 1. The Balaban J connectivity index is 1.36. The van der Waals surface area contributed by atoms with Crippen LogP contribution in [0.4, 0.5) is 0 Å². The Morgan fingerprint density at radius 3 is 2.73 bits per heavy atom. The van der Waals surface area contributed by atoms with Crippen LogP contribution in [0.25, 0.3) is 22.4 Å². The lowest BCUT2D eigenvalue weighted by atomic mass is 9.79. The maximum absolute atomic E-state index is 11.4. The summed E-state index contributed by atoms with van der Waals surface area (Å²) >= 11 is 0. The number of nitrogens with one attached hydrogen (secondary N) is 1. The molecule has 0 saturated carbocycles. The zero-order valence-electron chi connectivity index (χ0n) is 17.1. The number of fused-ring (bicyclic) bond motifs is 1. The number of benzene rings is 2. The van der Waals surface area contributed by atoms with Gasteiger partial charge >= 0.3 is 0 Å². The molecule has 0 fully saturated rings. The van der Waals surface area contributed by atoms with Crippen LogP contribution in [0.2, 0.25) is 0 Å². The number of H-pyrrole nitrogens is 1. The molecule has 30 heavy (non-hydrogen) atoms. The molecule has 3 aromatic rings. The number of primary amides is 1. The molecule has 0 spiro atoms. The Kier molecular flexibility index (Phi) is 4.66. The van der Waals surface area contributed by atoms with Gasteiger partial charge in [0.2, 0.25) is 5.91 Å². The van der Waals surface area contributed by atoms with E-state index < -0.39 is 5.91 Å². The molecule has 0 radical (unpaired) electrons. The smallest absolute Gasteiger partial charge is 0.248 e. The van der Waals surface area contributed by atoms with Gasteiger partial charge in [0.1, 0.15) is 17.3 Å². The molecule has 5 heteroatoms. The van der Waals surface area contributed by atoms with Gasteiger partial charge < -0.3 is 15.5 Å². The first kappa shape index (κ1) is 18.7. The largest absolute Gasteiger partial charge is 0.462 e. The molecule has 0 aliphatic heterocycles. The van der Waals surface area contributed by atoms with Gasteiger partial charge in [0.25, 0.3) is 0 Å². The maximum Gasteiger partial charge on any atom is 0.248 e.